The smallest absolute Gasteiger partial charge is 0.276 e. The van der Waals surface area contributed by atoms with Gasteiger partial charge in [0.05, 0.1) is 6.04 Å². The Bertz CT molecular complexity index is 1040. The van der Waals surface area contributed by atoms with Crippen molar-refractivity contribution in [3.8, 4) is 0 Å². The molecular formula is C19H19ClN6O5S. The quantitative estimate of drug-likeness (QED) is 0.173. The van der Waals surface area contributed by atoms with Crippen LogP contribution in [0.3, 0.4) is 0 Å². The van der Waals surface area contributed by atoms with E-state index in [4.69, 9.17) is 16.4 Å². The number of alkyl halides is 1. The van der Waals surface area contributed by atoms with E-state index in [9.17, 15) is 19.2 Å². The topological polar surface area (TPSA) is 151 Å². The summed E-state index contributed by atoms with van der Waals surface area (Å²) in [5.41, 5.74) is 0.448. The summed E-state index contributed by atoms with van der Waals surface area (Å²) in [6.45, 7) is 0.118. The van der Waals surface area contributed by atoms with Crippen LogP contribution in [0.2, 0.25) is 0 Å². The number of anilines is 1. The van der Waals surface area contributed by atoms with Crippen LogP contribution in [-0.4, -0.2) is 65.9 Å². The van der Waals surface area contributed by atoms with E-state index in [1.54, 1.807) is 30.3 Å². The average Bonchev–Trinajstić information content (AvgIpc) is 3.26. The summed E-state index contributed by atoms with van der Waals surface area (Å²) in [5.74, 6) is -2.09. The second kappa shape index (κ2) is 10.7. The van der Waals surface area contributed by atoms with E-state index in [0.29, 0.717) is 5.56 Å². The minimum atomic E-state index is -0.880. The second-order valence-corrected chi connectivity index (χ2v) is 7.61. The van der Waals surface area contributed by atoms with Crippen LogP contribution in [0.4, 0.5) is 5.13 Å². The zero-order valence-corrected chi connectivity index (χ0v) is 18.3. The number of carbonyl (C=O) groups excluding carboxylic acids is 4. The second-order valence-electron chi connectivity index (χ2n) is 6.48. The summed E-state index contributed by atoms with van der Waals surface area (Å²) in [7, 11) is 1.26. The maximum absolute atomic E-state index is 12.7. The molecule has 2 unspecified atom stereocenters. The van der Waals surface area contributed by atoms with Crippen molar-refractivity contribution in [2.75, 3.05) is 24.9 Å². The van der Waals surface area contributed by atoms with Gasteiger partial charge in [0.1, 0.15) is 24.7 Å². The molecular weight excluding hydrogens is 460 g/mol. The number of amides is 4. The number of carbonyl (C=O) groups is 4. The van der Waals surface area contributed by atoms with E-state index < -0.39 is 29.8 Å². The van der Waals surface area contributed by atoms with E-state index in [-0.39, 0.29) is 34.9 Å². The minimum Gasteiger partial charge on any atom is -0.398 e. The summed E-state index contributed by atoms with van der Waals surface area (Å²) in [6, 6.07) is 7.23. The fourth-order valence-electron chi connectivity index (χ4n) is 2.77. The van der Waals surface area contributed by atoms with E-state index in [1.807, 2.05) is 0 Å². The maximum Gasteiger partial charge on any atom is 0.276 e. The van der Waals surface area contributed by atoms with Gasteiger partial charge in [-0.15, -0.1) is 22.9 Å². The van der Waals surface area contributed by atoms with Gasteiger partial charge in [0.2, 0.25) is 11.8 Å². The van der Waals surface area contributed by atoms with Gasteiger partial charge < -0.3 is 26.1 Å². The lowest BCUT2D eigenvalue weighted by molar-refractivity contribution is -0.134. The van der Waals surface area contributed by atoms with Crippen LogP contribution in [0.5, 0.6) is 0 Å². The molecule has 4 N–H and O–H groups in total. The Hall–Kier alpha value is -3.51. The lowest BCUT2D eigenvalue weighted by Gasteiger charge is -2.37. The van der Waals surface area contributed by atoms with E-state index in [2.05, 4.69) is 31.4 Å². The summed E-state index contributed by atoms with van der Waals surface area (Å²) < 4.78 is 0. The van der Waals surface area contributed by atoms with Gasteiger partial charge in [-0.05, 0) is 12.1 Å². The number of halogens is 1. The Morgan fingerprint density at radius 3 is 2.69 bits per heavy atom. The van der Waals surface area contributed by atoms with Gasteiger partial charge in [-0.1, -0.05) is 23.4 Å². The highest BCUT2D eigenvalue weighted by atomic mass is 35.5. The monoisotopic (exact) mass is 478 g/mol. The Kier molecular flexibility index (Phi) is 7.73. The summed E-state index contributed by atoms with van der Waals surface area (Å²) in [5, 5.41) is 15.8. The third-order valence-corrected chi connectivity index (χ3v) is 5.33. The highest BCUT2D eigenvalue weighted by Crippen LogP contribution is 2.17. The Balaban J connectivity index is 1.61. The molecule has 11 nitrogen and oxygen atoms in total. The summed E-state index contributed by atoms with van der Waals surface area (Å²) in [6.07, 6.45) is 0. The molecule has 32 heavy (non-hydrogen) atoms. The first-order valence-corrected chi connectivity index (χ1v) is 10.7. The van der Waals surface area contributed by atoms with Crippen molar-refractivity contribution < 1.29 is 24.0 Å². The van der Waals surface area contributed by atoms with E-state index >= 15 is 0 Å². The number of hydrogen-bond donors (Lipinski definition) is 4. The molecule has 1 aliphatic rings. The Labute approximate surface area is 191 Å². The van der Waals surface area contributed by atoms with Crippen molar-refractivity contribution in [3.63, 3.8) is 0 Å². The fourth-order valence-corrected chi connectivity index (χ4v) is 3.55. The predicted molar refractivity (Wildman–Crippen MR) is 118 cm³/mol. The Morgan fingerprint density at radius 1 is 1.28 bits per heavy atom. The van der Waals surface area contributed by atoms with Gasteiger partial charge in [0.15, 0.2) is 10.8 Å². The molecule has 0 aliphatic carbocycles. The number of rotatable bonds is 9. The Morgan fingerprint density at radius 2 is 2.03 bits per heavy atom. The highest BCUT2D eigenvalue weighted by molar-refractivity contribution is 7.14. The van der Waals surface area contributed by atoms with Crippen molar-refractivity contribution in [1.82, 2.24) is 20.9 Å². The first-order chi connectivity index (χ1) is 15.4. The van der Waals surface area contributed by atoms with Crippen molar-refractivity contribution in [2.45, 2.75) is 12.1 Å². The van der Waals surface area contributed by atoms with Crippen LogP contribution in [0.1, 0.15) is 16.1 Å². The molecule has 0 bridgehead atoms. The molecule has 0 radical (unpaired) electrons. The van der Waals surface area contributed by atoms with Crippen LogP contribution >= 0.6 is 22.9 Å². The maximum atomic E-state index is 12.7. The molecule has 1 aromatic heterocycles. The van der Waals surface area contributed by atoms with Crippen molar-refractivity contribution in [1.29, 1.82) is 0 Å². The third kappa shape index (κ3) is 5.59. The molecule has 168 valence electrons. The number of hydrogen-bond acceptors (Lipinski definition) is 8. The zero-order valence-electron chi connectivity index (χ0n) is 16.8. The molecule has 0 saturated carbocycles. The molecule has 1 aliphatic heterocycles. The lowest BCUT2D eigenvalue weighted by Crippen LogP contribution is -2.72. The molecule has 3 rings (SSSR count). The molecule has 2 heterocycles. The first-order valence-electron chi connectivity index (χ1n) is 9.30. The number of thiazole rings is 1. The molecule has 1 fully saturated rings. The van der Waals surface area contributed by atoms with Gasteiger partial charge in [-0.2, -0.15) is 0 Å². The van der Waals surface area contributed by atoms with Crippen molar-refractivity contribution in [2.24, 2.45) is 5.16 Å². The average molecular weight is 479 g/mol. The number of nitrogens with zero attached hydrogens (tertiary/aromatic N) is 2. The van der Waals surface area contributed by atoms with Crippen LogP contribution in [0, 0.1) is 0 Å². The minimum absolute atomic E-state index is 0.118. The third-order valence-electron chi connectivity index (χ3n) is 4.33. The summed E-state index contributed by atoms with van der Waals surface area (Å²) >= 11 is 6.52. The van der Waals surface area contributed by atoms with Crippen LogP contribution < -0.4 is 21.3 Å². The number of benzene rings is 1. The molecule has 13 heteroatoms. The molecule has 0 spiro atoms. The number of β-lactam (4-membered cyclic amide) rings is 1. The van der Waals surface area contributed by atoms with Gasteiger partial charge >= 0.3 is 0 Å². The highest BCUT2D eigenvalue weighted by Gasteiger charge is 2.41. The van der Waals surface area contributed by atoms with Crippen molar-refractivity contribution >= 4 is 57.4 Å². The van der Waals surface area contributed by atoms with Crippen LogP contribution in [0.15, 0.2) is 40.9 Å². The standard InChI is InChI=1S/C19H19ClN6O5S/c1-31-26-15(12-9-32-19(23-12)24-13(27)7-20)18(30)25-14-11(22-17(14)29)8-21-16(28)10-5-3-2-4-6-10/h2-6,9,11,14H,7-8H2,1H3,(H,21,28)(H,22,29)(H,25,30)(H,23,24,27). The SMILES string of the molecule is CON=C(C(=O)NC1C(=O)NC1CNC(=O)c1ccccc1)c1csc(NC(=O)CCl)n1. The molecule has 1 aromatic carbocycles. The number of oxime groups is 1. The van der Waals surface area contributed by atoms with Gasteiger partial charge in [-0.25, -0.2) is 4.98 Å². The number of nitrogens with one attached hydrogen (secondary N) is 4. The van der Waals surface area contributed by atoms with Crippen molar-refractivity contribution in [3.05, 3.63) is 47.0 Å². The summed E-state index contributed by atoms with van der Waals surface area (Å²) in [4.78, 5) is 57.2. The zero-order chi connectivity index (χ0) is 23.1. The largest absolute Gasteiger partial charge is 0.398 e. The van der Waals surface area contributed by atoms with Gasteiger partial charge in [0.25, 0.3) is 11.8 Å². The molecule has 2 atom stereocenters. The fraction of sp³-hybridized carbons (Fsp3) is 0.263. The van der Waals surface area contributed by atoms with Crippen LogP contribution in [-0.2, 0) is 19.2 Å². The van der Waals surface area contributed by atoms with E-state index in [1.165, 1.54) is 12.5 Å². The molecule has 4 amide bonds. The van der Waals surface area contributed by atoms with Gasteiger partial charge in [0, 0.05) is 17.5 Å². The predicted octanol–water partition coefficient (Wildman–Crippen LogP) is 0.0841. The normalized spacial score (nSPS) is 17.6. The van der Waals surface area contributed by atoms with E-state index in [0.717, 1.165) is 11.3 Å². The van der Waals surface area contributed by atoms with Gasteiger partial charge in [-0.3, -0.25) is 19.2 Å². The first kappa shape index (κ1) is 23.2. The molecule has 2 aromatic rings. The lowest BCUT2D eigenvalue weighted by atomic mass is 9.98. The van der Waals surface area contributed by atoms with Crippen LogP contribution in [0.25, 0.3) is 0 Å². The number of aromatic nitrogens is 1. The molecule has 1 saturated heterocycles.